The van der Waals surface area contributed by atoms with Gasteiger partial charge in [-0.3, -0.25) is 4.57 Å². The molecule has 0 fully saturated rings. The van der Waals surface area contributed by atoms with E-state index < -0.39 is 0 Å². The summed E-state index contributed by atoms with van der Waals surface area (Å²) in [6.45, 7) is 4.60. The minimum atomic E-state index is -0.347. The first-order valence-electron chi connectivity index (χ1n) is 9.83. The van der Waals surface area contributed by atoms with Crippen LogP contribution in [0.4, 0.5) is 5.95 Å². The molecule has 1 aromatic heterocycles. The Bertz CT molecular complexity index is 1070. The highest BCUT2D eigenvalue weighted by Gasteiger charge is 2.34. The van der Waals surface area contributed by atoms with Gasteiger partial charge in [0.25, 0.3) is 0 Å². The van der Waals surface area contributed by atoms with Crippen LogP contribution in [0.15, 0.2) is 59.8 Å². The number of methoxy groups -OCH3 is 1. The zero-order valence-corrected chi connectivity index (χ0v) is 16.9. The van der Waals surface area contributed by atoms with Gasteiger partial charge in [0.05, 0.1) is 29.3 Å². The summed E-state index contributed by atoms with van der Waals surface area (Å²) in [5.41, 5.74) is 5.46. The molecule has 0 aliphatic carbocycles. The molecule has 1 aliphatic rings. The lowest BCUT2D eigenvalue weighted by Gasteiger charge is -2.30. The van der Waals surface area contributed by atoms with Crippen molar-refractivity contribution < 1.29 is 14.3 Å². The van der Waals surface area contributed by atoms with Crippen molar-refractivity contribution in [2.24, 2.45) is 0 Å². The highest BCUT2D eigenvalue weighted by atomic mass is 16.6. The van der Waals surface area contributed by atoms with Gasteiger partial charge in [0, 0.05) is 12.8 Å². The smallest absolute Gasteiger partial charge is 0.338 e. The maximum Gasteiger partial charge on any atom is 0.338 e. The summed E-state index contributed by atoms with van der Waals surface area (Å²) < 4.78 is 12.6. The standard InChI is InChI=1S/C23H25N3O3/c1-4-16-9-11-17(12-10-16)21-20(22(27)29-14-13-28-3)15(2)24-23-25-18-7-5-6-8-19(18)26(21)23/h5-12,21H,4,13-14H2,1-3H3,(H,24,25)/t21-/m0/s1. The molecule has 6 heteroatoms. The summed E-state index contributed by atoms with van der Waals surface area (Å²) in [6, 6.07) is 16.0. The Morgan fingerprint density at radius 1 is 1.14 bits per heavy atom. The van der Waals surface area contributed by atoms with Crippen LogP contribution in [0.3, 0.4) is 0 Å². The average Bonchev–Trinajstić information content (AvgIpc) is 3.10. The number of nitrogens with zero attached hydrogens (tertiary/aromatic N) is 2. The molecule has 1 atom stereocenters. The molecule has 2 aromatic carbocycles. The van der Waals surface area contributed by atoms with E-state index in [1.165, 1.54) is 5.56 Å². The third-order valence-electron chi connectivity index (χ3n) is 5.27. The number of para-hydroxylation sites is 2. The first-order chi connectivity index (χ1) is 14.1. The monoisotopic (exact) mass is 391 g/mol. The molecular weight excluding hydrogens is 366 g/mol. The van der Waals surface area contributed by atoms with E-state index in [0.717, 1.165) is 34.7 Å². The van der Waals surface area contributed by atoms with Gasteiger partial charge in [-0.2, -0.15) is 0 Å². The van der Waals surface area contributed by atoms with E-state index in [2.05, 4.69) is 41.1 Å². The Labute approximate surface area is 170 Å². The molecule has 29 heavy (non-hydrogen) atoms. The molecular formula is C23H25N3O3. The lowest BCUT2D eigenvalue weighted by molar-refractivity contribution is -0.140. The quantitative estimate of drug-likeness (QED) is 0.507. The third kappa shape index (κ3) is 3.51. The second kappa shape index (κ2) is 8.09. The van der Waals surface area contributed by atoms with Crippen LogP contribution in [0.5, 0.6) is 0 Å². The van der Waals surface area contributed by atoms with E-state index in [0.29, 0.717) is 12.2 Å². The maximum atomic E-state index is 13.0. The molecule has 0 saturated heterocycles. The van der Waals surface area contributed by atoms with E-state index in [4.69, 9.17) is 14.5 Å². The van der Waals surface area contributed by atoms with Crippen LogP contribution in [0, 0.1) is 0 Å². The molecule has 3 aromatic rings. The zero-order valence-electron chi connectivity index (χ0n) is 16.9. The number of hydrogen-bond acceptors (Lipinski definition) is 5. The lowest BCUT2D eigenvalue weighted by Crippen LogP contribution is -2.29. The van der Waals surface area contributed by atoms with Gasteiger partial charge in [-0.05, 0) is 36.6 Å². The van der Waals surface area contributed by atoms with Crippen molar-refractivity contribution in [2.75, 3.05) is 25.6 Å². The Balaban J connectivity index is 1.85. The number of fused-ring (bicyclic) bond motifs is 3. The number of imidazole rings is 1. The van der Waals surface area contributed by atoms with Gasteiger partial charge in [0.2, 0.25) is 5.95 Å². The second-order valence-electron chi connectivity index (χ2n) is 7.08. The van der Waals surface area contributed by atoms with Crippen molar-refractivity contribution in [3.63, 3.8) is 0 Å². The van der Waals surface area contributed by atoms with Gasteiger partial charge in [0.1, 0.15) is 6.61 Å². The number of ether oxygens (including phenoxy) is 2. The highest BCUT2D eigenvalue weighted by Crippen LogP contribution is 2.39. The fourth-order valence-corrected chi connectivity index (χ4v) is 3.77. The second-order valence-corrected chi connectivity index (χ2v) is 7.08. The molecule has 0 unspecified atom stereocenters. The fraction of sp³-hybridized carbons (Fsp3) is 0.304. The van der Waals surface area contributed by atoms with Crippen LogP contribution >= 0.6 is 0 Å². The van der Waals surface area contributed by atoms with Crippen LogP contribution in [-0.2, 0) is 20.7 Å². The van der Waals surface area contributed by atoms with E-state index in [-0.39, 0.29) is 18.6 Å². The number of rotatable bonds is 6. The number of allylic oxidation sites excluding steroid dienone is 1. The van der Waals surface area contributed by atoms with Crippen LogP contribution in [0.2, 0.25) is 0 Å². The molecule has 6 nitrogen and oxygen atoms in total. The van der Waals surface area contributed by atoms with Gasteiger partial charge in [-0.15, -0.1) is 0 Å². The molecule has 0 spiro atoms. The Morgan fingerprint density at radius 3 is 2.62 bits per heavy atom. The van der Waals surface area contributed by atoms with Crippen molar-refractivity contribution in [3.05, 3.63) is 70.9 Å². The predicted molar refractivity (Wildman–Crippen MR) is 113 cm³/mol. The summed E-state index contributed by atoms with van der Waals surface area (Å²) in [7, 11) is 1.59. The van der Waals surface area contributed by atoms with Crippen LogP contribution in [0.25, 0.3) is 11.0 Å². The molecule has 150 valence electrons. The largest absolute Gasteiger partial charge is 0.460 e. The van der Waals surface area contributed by atoms with Crippen LogP contribution < -0.4 is 5.32 Å². The molecule has 0 amide bonds. The fourth-order valence-electron chi connectivity index (χ4n) is 3.77. The number of carbonyl (C=O) groups is 1. The number of nitrogens with one attached hydrogen (secondary N) is 1. The number of hydrogen-bond donors (Lipinski definition) is 1. The summed E-state index contributed by atoms with van der Waals surface area (Å²) in [5, 5.41) is 3.29. The Morgan fingerprint density at radius 2 is 1.90 bits per heavy atom. The van der Waals surface area contributed by atoms with Crippen molar-refractivity contribution in [1.29, 1.82) is 0 Å². The van der Waals surface area contributed by atoms with Gasteiger partial charge >= 0.3 is 5.97 Å². The summed E-state index contributed by atoms with van der Waals surface area (Å²) in [4.78, 5) is 17.8. The topological polar surface area (TPSA) is 65.4 Å². The van der Waals surface area contributed by atoms with Crippen molar-refractivity contribution in [1.82, 2.24) is 9.55 Å². The highest BCUT2D eigenvalue weighted by molar-refractivity contribution is 5.94. The van der Waals surface area contributed by atoms with Crippen molar-refractivity contribution in [3.8, 4) is 0 Å². The third-order valence-corrected chi connectivity index (χ3v) is 5.27. The number of aromatic nitrogens is 2. The van der Waals surface area contributed by atoms with Crippen molar-refractivity contribution in [2.45, 2.75) is 26.3 Å². The minimum Gasteiger partial charge on any atom is -0.460 e. The lowest BCUT2D eigenvalue weighted by atomic mass is 9.94. The molecule has 1 aliphatic heterocycles. The average molecular weight is 391 g/mol. The van der Waals surface area contributed by atoms with Gasteiger partial charge in [0.15, 0.2) is 0 Å². The summed E-state index contributed by atoms with van der Waals surface area (Å²) >= 11 is 0. The number of benzene rings is 2. The van der Waals surface area contributed by atoms with Crippen molar-refractivity contribution >= 4 is 23.0 Å². The minimum absolute atomic E-state index is 0.213. The number of anilines is 1. The number of esters is 1. The van der Waals surface area contributed by atoms with Gasteiger partial charge < -0.3 is 14.8 Å². The van der Waals surface area contributed by atoms with E-state index in [1.807, 2.05) is 31.2 Å². The van der Waals surface area contributed by atoms with Crippen LogP contribution in [-0.4, -0.2) is 35.8 Å². The first-order valence-corrected chi connectivity index (χ1v) is 9.83. The molecule has 4 rings (SSSR count). The summed E-state index contributed by atoms with van der Waals surface area (Å²) in [6.07, 6.45) is 0.965. The number of carbonyl (C=O) groups excluding carboxylic acids is 1. The summed E-state index contributed by atoms with van der Waals surface area (Å²) in [5.74, 6) is 0.377. The number of aryl methyl sites for hydroxylation is 1. The van der Waals surface area contributed by atoms with E-state index in [1.54, 1.807) is 7.11 Å². The molecule has 0 radical (unpaired) electrons. The molecule has 2 heterocycles. The molecule has 0 saturated carbocycles. The predicted octanol–water partition coefficient (Wildman–Crippen LogP) is 4.08. The van der Waals surface area contributed by atoms with E-state index >= 15 is 0 Å². The SMILES string of the molecule is CCc1ccc([C@H]2C(C(=O)OCCOC)=C(C)Nc3nc4ccccc4n32)cc1. The van der Waals surface area contributed by atoms with Crippen LogP contribution in [0.1, 0.15) is 31.0 Å². The zero-order chi connectivity index (χ0) is 20.4. The molecule has 1 N–H and O–H groups in total. The molecule has 0 bridgehead atoms. The first kappa shape index (κ1) is 19.2. The Kier molecular flexibility index (Phi) is 5.36. The Hall–Kier alpha value is -3.12. The maximum absolute atomic E-state index is 13.0. The van der Waals surface area contributed by atoms with Gasteiger partial charge in [-0.1, -0.05) is 43.3 Å². The van der Waals surface area contributed by atoms with E-state index in [9.17, 15) is 4.79 Å². The normalized spacial score (nSPS) is 15.9. The van der Waals surface area contributed by atoms with Gasteiger partial charge in [-0.25, -0.2) is 9.78 Å².